The van der Waals surface area contributed by atoms with Gasteiger partial charge in [0.25, 0.3) is 0 Å². The molecule has 2 N–H and O–H groups in total. The molecule has 0 fully saturated rings. The summed E-state index contributed by atoms with van der Waals surface area (Å²) in [5, 5.41) is 2.75. The molecule has 101 valence electrons. The van der Waals surface area contributed by atoms with Crippen molar-refractivity contribution in [3.05, 3.63) is 0 Å². The molecule has 1 amide bonds. The van der Waals surface area contributed by atoms with Crippen LogP contribution in [0.15, 0.2) is 0 Å². The van der Waals surface area contributed by atoms with Crippen LogP contribution in [0.4, 0.5) is 4.79 Å². The Morgan fingerprint density at radius 3 is 2.12 bits per heavy atom. The van der Waals surface area contributed by atoms with Crippen molar-refractivity contribution in [3.63, 3.8) is 0 Å². The van der Waals surface area contributed by atoms with Crippen LogP contribution in [0.1, 0.15) is 59.3 Å². The molecule has 0 aromatic heterocycles. The Kier molecular flexibility index (Phi) is 8.86. The third-order valence-electron chi connectivity index (χ3n) is 2.27. The standard InChI is InChI=1S/C13H27N2O2/c1-13(2,3)17-12(16)15-11-9-7-5-4-6-8-10-14/h14H,4-11H2,1-3H3,(H,15,16). The van der Waals surface area contributed by atoms with E-state index in [-0.39, 0.29) is 6.09 Å². The van der Waals surface area contributed by atoms with Gasteiger partial charge in [-0.1, -0.05) is 25.7 Å². The Labute approximate surface area is 105 Å². The number of ether oxygens (including phenoxy) is 1. The van der Waals surface area contributed by atoms with E-state index in [0.717, 1.165) is 25.7 Å². The zero-order valence-electron chi connectivity index (χ0n) is 11.5. The molecular weight excluding hydrogens is 216 g/mol. The molecule has 4 heteroatoms. The third kappa shape index (κ3) is 13.2. The number of rotatable bonds is 8. The zero-order valence-corrected chi connectivity index (χ0v) is 11.5. The average molecular weight is 243 g/mol. The topological polar surface area (TPSA) is 62.1 Å². The van der Waals surface area contributed by atoms with E-state index in [9.17, 15) is 4.79 Å². The molecule has 1 radical (unpaired) electrons. The maximum absolute atomic E-state index is 11.3. The minimum atomic E-state index is -0.416. The number of nitrogens with one attached hydrogen (secondary N) is 2. The van der Waals surface area contributed by atoms with Crippen molar-refractivity contribution < 1.29 is 9.53 Å². The molecule has 0 bridgehead atoms. The van der Waals surface area contributed by atoms with Crippen LogP contribution >= 0.6 is 0 Å². The summed E-state index contributed by atoms with van der Waals surface area (Å²) < 4.78 is 5.13. The molecule has 0 unspecified atom stereocenters. The summed E-state index contributed by atoms with van der Waals surface area (Å²) >= 11 is 0. The molecule has 0 aromatic carbocycles. The second-order valence-corrected chi connectivity index (χ2v) is 5.30. The Bertz CT molecular complexity index is 200. The Morgan fingerprint density at radius 1 is 1.06 bits per heavy atom. The van der Waals surface area contributed by atoms with Gasteiger partial charge in [-0.15, -0.1) is 0 Å². The van der Waals surface area contributed by atoms with Crippen LogP contribution in [0.5, 0.6) is 0 Å². The van der Waals surface area contributed by atoms with Crippen molar-refractivity contribution in [2.75, 3.05) is 13.1 Å². The second-order valence-electron chi connectivity index (χ2n) is 5.30. The summed E-state index contributed by atoms with van der Waals surface area (Å²) in [6, 6.07) is 0. The summed E-state index contributed by atoms with van der Waals surface area (Å²) in [6.45, 7) is 6.81. The molecule has 0 aliphatic heterocycles. The van der Waals surface area contributed by atoms with Gasteiger partial charge in [0.2, 0.25) is 0 Å². The molecular formula is C13H27N2O2. The summed E-state index contributed by atoms with van der Waals surface area (Å²) in [5.41, 5.74) is 6.59. The van der Waals surface area contributed by atoms with Crippen LogP contribution in [0, 0.1) is 0 Å². The largest absolute Gasteiger partial charge is 0.444 e. The van der Waals surface area contributed by atoms with Crippen molar-refractivity contribution >= 4 is 6.09 Å². The van der Waals surface area contributed by atoms with Gasteiger partial charge >= 0.3 is 6.09 Å². The van der Waals surface area contributed by atoms with Crippen LogP contribution < -0.4 is 11.1 Å². The fraction of sp³-hybridized carbons (Fsp3) is 0.923. The fourth-order valence-corrected chi connectivity index (χ4v) is 1.46. The first-order chi connectivity index (χ1) is 7.95. The maximum atomic E-state index is 11.3. The van der Waals surface area contributed by atoms with Gasteiger partial charge in [-0.25, -0.2) is 4.79 Å². The third-order valence-corrected chi connectivity index (χ3v) is 2.27. The first-order valence-corrected chi connectivity index (χ1v) is 6.57. The van der Waals surface area contributed by atoms with Crippen LogP contribution in [0.25, 0.3) is 0 Å². The molecule has 0 saturated carbocycles. The Morgan fingerprint density at radius 2 is 1.59 bits per heavy atom. The predicted octanol–water partition coefficient (Wildman–Crippen LogP) is 3.13. The van der Waals surface area contributed by atoms with E-state index in [1.54, 1.807) is 0 Å². The highest BCUT2D eigenvalue weighted by molar-refractivity contribution is 5.67. The number of alkyl carbamates (subject to hydrolysis) is 1. The van der Waals surface area contributed by atoms with E-state index in [1.165, 1.54) is 12.8 Å². The van der Waals surface area contributed by atoms with E-state index < -0.39 is 5.60 Å². The molecule has 0 aromatic rings. The minimum absolute atomic E-state index is 0.327. The Hall–Kier alpha value is -0.770. The number of amides is 1. The number of hydrogen-bond donors (Lipinski definition) is 1. The molecule has 0 aliphatic rings. The Balaban J connectivity index is 3.25. The average Bonchev–Trinajstić information content (AvgIpc) is 2.19. The van der Waals surface area contributed by atoms with Crippen molar-refractivity contribution in [2.24, 2.45) is 0 Å². The first-order valence-electron chi connectivity index (χ1n) is 6.57. The zero-order chi connectivity index (χ0) is 13.1. The summed E-state index contributed by atoms with van der Waals surface area (Å²) in [4.78, 5) is 11.3. The van der Waals surface area contributed by atoms with Gasteiger partial charge in [0.1, 0.15) is 5.60 Å². The number of hydrogen-bond acceptors (Lipinski definition) is 2. The number of unbranched alkanes of at least 4 members (excludes halogenated alkanes) is 5. The highest BCUT2D eigenvalue weighted by Crippen LogP contribution is 2.07. The van der Waals surface area contributed by atoms with Crippen molar-refractivity contribution in [1.82, 2.24) is 11.1 Å². The molecule has 0 aliphatic carbocycles. The van der Waals surface area contributed by atoms with Gasteiger partial charge in [0, 0.05) is 13.1 Å². The molecule has 0 saturated heterocycles. The van der Waals surface area contributed by atoms with Gasteiger partial charge in [-0.2, -0.15) is 0 Å². The van der Waals surface area contributed by atoms with Crippen LogP contribution in [-0.4, -0.2) is 24.8 Å². The van der Waals surface area contributed by atoms with Crippen LogP contribution in [-0.2, 0) is 4.74 Å². The summed E-state index contributed by atoms with van der Waals surface area (Å²) in [6.07, 6.45) is 6.36. The lowest BCUT2D eigenvalue weighted by Crippen LogP contribution is -2.32. The van der Waals surface area contributed by atoms with Gasteiger partial charge in [0.15, 0.2) is 0 Å². The van der Waals surface area contributed by atoms with Gasteiger partial charge < -0.3 is 10.1 Å². The fourth-order valence-electron chi connectivity index (χ4n) is 1.46. The van der Waals surface area contributed by atoms with E-state index in [4.69, 9.17) is 10.5 Å². The second kappa shape index (κ2) is 9.28. The minimum Gasteiger partial charge on any atom is -0.444 e. The monoisotopic (exact) mass is 243 g/mol. The smallest absolute Gasteiger partial charge is 0.407 e. The summed E-state index contributed by atoms with van der Waals surface area (Å²) in [7, 11) is 0. The highest BCUT2D eigenvalue weighted by Gasteiger charge is 2.15. The van der Waals surface area contributed by atoms with E-state index in [2.05, 4.69) is 5.32 Å². The quantitative estimate of drug-likeness (QED) is 0.666. The molecule has 0 heterocycles. The van der Waals surface area contributed by atoms with Crippen LogP contribution in [0.2, 0.25) is 0 Å². The normalized spacial score (nSPS) is 11.3. The highest BCUT2D eigenvalue weighted by atomic mass is 16.6. The van der Waals surface area contributed by atoms with Gasteiger partial charge in [0.05, 0.1) is 0 Å². The van der Waals surface area contributed by atoms with Gasteiger partial charge in [-0.05, 0) is 33.6 Å². The lowest BCUT2D eigenvalue weighted by Gasteiger charge is -2.19. The lowest BCUT2D eigenvalue weighted by molar-refractivity contribution is 0.0527. The molecule has 0 atom stereocenters. The molecule has 0 rings (SSSR count). The van der Waals surface area contributed by atoms with Gasteiger partial charge in [-0.3, -0.25) is 5.73 Å². The van der Waals surface area contributed by atoms with E-state index in [0.29, 0.717) is 13.1 Å². The van der Waals surface area contributed by atoms with Crippen molar-refractivity contribution in [2.45, 2.75) is 64.9 Å². The molecule has 4 nitrogen and oxygen atoms in total. The molecule has 0 spiro atoms. The SMILES string of the molecule is CC(C)(C)OC(=O)NCCCCCCCC[NH]. The van der Waals surface area contributed by atoms with Crippen LogP contribution in [0.3, 0.4) is 0 Å². The number of carbonyl (C=O) groups excluding carboxylic acids is 1. The summed E-state index contributed by atoms with van der Waals surface area (Å²) in [5.74, 6) is 0. The van der Waals surface area contributed by atoms with E-state index in [1.807, 2.05) is 20.8 Å². The first kappa shape index (κ1) is 16.2. The number of carbonyl (C=O) groups is 1. The van der Waals surface area contributed by atoms with Crippen molar-refractivity contribution in [1.29, 1.82) is 0 Å². The van der Waals surface area contributed by atoms with E-state index >= 15 is 0 Å². The predicted molar refractivity (Wildman–Crippen MR) is 69.9 cm³/mol. The van der Waals surface area contributed by atoms with Crippen molar-refractivity contribution in [3.8, 4) is 0 Å². The molecule has 17 heavy (non-hydrogen) atoms. The maximum Gasteiger partial charge on any atom is 0.407 e. The lowest BCUT2D eigenvalue weighted by atomic mass is 10.1.